The van der Waals surface area contributed by atoms with Crippen molar-refractivity contribution >= 4 is 18.4 Å². The average Bonchev–Trinajstić information content (AvgIpc) is 2.88. The van der Waals surface area contributed by atoms with E-state index in [0.717, 1.165) is 5.56 Å². The molecule has 2 rings (SSSR count). The van der Waals surface area contributed by atoms with Crippen LogP contribution >= 0.6 is 12.4 Å². The molecule has 108 valence electrons. The van der Waals surface area contributed by atoms with Crippen LogP contribution in [-0.4, -0.2) is 21.0 Å². The molecule has 0 aliphatic carbocycles. The van der Waals surface area contributed by atoms with Crippen molar-refractivity contribution in [1.29, 1.82) is 0 Å². The number of rotatable bonds is 6. The number of hydrogen-bond donors (Lipinski definition) is 2. The smallest absolute Gasteiger partial charge is 0.312 e. The molecular formula is C14H17ClN2O3. The Morgan fingerprint density at radius 2 is 2.05 bits per heavy atom. The lowest BCUT2D eigenvalue weighted by Crippen LogP contribution is -2.07. The van der Waals surface area contributed by atoms with E-state index in [2.05, 4.69) is 9.97 Å². The van der Waals surface area contributed by atoms with Gasteiger partial charge in [-0.25, -0.2) is 4.98 Å². The summed E-state index contributed by atoms with van der Waals surface area (Å²) < 4.78 is 5.52. The van der Waals surface area contributed by atoms with Crippen LogP contribution in [0.25, 0.3) is 0 Å². The van der Waals surface area contributed by atoms with Crippen molar-refractivity contribution in [2.45, 2.75) is 26.1 Å². The van der Waals surface area contributed by atoms with Gasteiger partial charge in [-0.3, -0.25) is 4.79 Å². The maximum atomic E-state index is 10.8. The van der Waals surface area contributed by atoms with Crippen molar-refractivity contribution in [2.75, 3.05) is 0 Å². The van der Waals surface area contributed by atoms with E-state index in [9.17, 15) is 4.79 Å². The molecule has 0 saturated heterocycles. The van der Waals surface area contributed by atoms with Crippen molar-refractivity contribution in [3.05, 3.63) is 53.6 Å². The lowest BCUT2D eigenvalue weighted by molar-refractivity contribution is -0.138. The summed E-state index contributed by atoms with van der Waals surface area (Å²) >= 11 is 0. The molecule has 1 heterocycles. The van der Waals surface area contributed by atoms with Gasteiger partial charge < -0.3 is 14.8 Å². The second kappa shape index (κ2) is 7.67. The summed E-state index contributed by atoms with van der Waals surface area (Å²) in [6.07, 6.45) is 1.54. The van der Waals surface area contributed by atoms with Crippen LogP contribution < -0.4 is 0 Å². The van der Waals surface area contributed by atoms with Gasteiger partial charge in [0.15, 0.2) is 0 Å². The van der Waals surface area contributed by atoms with Crippen molar-refractivity contribution in [1.82, 2.24) is 9.97 Å². The molecule has 1 unspecified atom stereocenters. The number of carboxylic acids is 1. The lowest BCUT2D eigenvalue weighted by Gasteiger charge is -2.03. The number of carboxylic acid groups (broad SMARTS) is 1. The summed E-state index contributed by atoms with van der Waals surface area (Å²) in [4.78, 5) is 17.9. The molecule has 2 aromatic rings. The molecule has 0 aliphatic heterocycles. The van der Waals surface area contributed by atoms with Gasteiger partial charge in [-0.15, -0.1) is 12.4 Å². The molecule has 5 nitrogen and oxygen atoms in total. The van der Waals surface area contributed by atoms with Gasteiger partial charge in [-0.2, -0.15) is 0 Å². The van der Waals surface area contributed by atoms with Crippen LogP contribution in [0.3, 0.4) is 0 Å². The Morgan fingerprint density at radius 3 is 2.70 bits per heavy atom. The highest BCUT2D eigenvalue weighted by Gasteiger charge is 2.15. The fraction of sp³-hybridized carbons (Fsp3) is 0.286. The molecule has 0 amide bonds. The number of nitrogens with one attached hydrogen (secondary N) is 1. The number of H-pyrrole nitrogens is 1. The summed E-state index contributed by atoms with van der Waals surface area (Å²) in [6, 6.07) is 9.84. The Kier molecular flexibility index (Phi) is 6.21. The van der Waals surface area contributed by atoms with E-state index in [1.54, 1.807) is 13.1 Å². The van der Waals surface area contributed by atoms with E-state index in [4.69, 9.17) is 9.84 Å². The molecule has 6 heteroatoms. The number of carbonyl (C=O) groups is 1. The number of halogens is 1. The van der Waals surface area contributed by atoms with Crippen LogP contribution in [0.5, 0.6) is 0 Å². The molecule has 0 radical (unpaired) electrons. The molecule has 0 aliphatic rings. The third kappa shape index (κ3) is 4.36. The maximum Gasteiger partial charge on any atom is 0.312 e. The minimum atomic E-state index is -0.875. The van der Waals surface area contributed by atoms with Crippen LogP contribution in [0.4, 0.5) is 0 Å². The van der Waals surface area contributed by atoms with E-state index in [0.29, 0.717) is 24.7 Å². The minimum Gasteiger partial charge on any atom is -0.481 e. The van der Waals surface area contributed by atoms with E-state index in [1.807, 2.05) is 30.3 Å². The summed E-state index contributed by atoms with van der Waals surface area (Å²) in [5.74, 6) is -0.824. The quantitative estimate of drug-likeness (QED) is 0.859. The number of aromatic nitrogens is 2. The highest BCUT2D eigenvalue weighted by Crippen LogP contribution is 2.13. The number of aliphatic carboxylic acids is 1. The lowest BCUT2D eigenvalue weighted by atomic mass is 10.1. The average molecular weight is 297 g/mol. The number of aromatic amines is 1. The maximum absolute atomic E-state index is 10.8. The monoisotopic (exact) mass is 296 g/mol. The molecule has 1 atom stereocenters. The normalized spacial score (nSPS) is 11.7. The van der Waals surface area contributed by atoms with E-state index >= 15 is 0 Å². The summed E-state index contributed by atoms with van der Waals surface area (Å²) in [5, 5.41) is 8.89. The van der Waals surface area contributed by atoms with E-state index < -0.39 is 11.9 Å². The summed E-state index contributed by atoms with van der Waals surface area (Å²) in [5.41, 5.74) is 1.68. The molecular weight excluding hydrogens is 280 g/mol. The zero-order valence-electron chi connectivity index (χ0n) is 11.1. The SMILES string of the molecule is CC(C(=O)O)c1cnc(COCc2ccccc2)[nH]1.Cl. The second-order valence-corrected chi connectivity index (χ2v) is 4.32. The highest BCUT2D eigenvalue weighted by atomic mass is 35.5. The Morgan fingerprint density at radius 1 is 1.35 bits per heavy atom. The topological polar surface area (TPSA) is 75.2 Å². The van der Waals surface area contributed by atoms with Gasteiger partial charge in [0.2, 0.25) is 0 Å². The van der Waals surface area contributed by atoms with Gasteiger partial charge in [0, 0.05) is 11.9 Å². The van der Waals surface area contributed by atoms with Gasteiger partial charge in [0.1, 0.15) is 12.4 Å². The van der Waals surface area contributed by atoms with E-state index in [1.165, 1.54) is 0 Å². The van der Waals surface area contributed by atoms with Crippen LogP contribution in [-0.2, 0) is 22.7 Å². The van der Waals surface area contributed by atoms with Crippen LogP contribution in [0.15, 0.2) is 36.5 Å². The molecule has 0 bridgehead atoms. The number of ether oxygens (including phenoxy) is 1. The van der Waals surface area contributed by atoms with Crippen molar-refractivity contribution in [3.63, 3.8) is 0 Å². The second-order valence-electron chi connectivity index (χ2n) is 4.32. The fourth-order valence-corrected chi connectivity index (χ4v) is 1.64. The molecule has 0 spiro atoms. The first-order valence-electron chi connectivity index (χ1n) is 6.05. The predicted octanol–water partition coefficient (Wildman–Crippen LogP) is 2.74. The number of imidazole rings is 1. The Bertz CT molecular complexity index is 542. The number of hydrogen-bond acceptors (Lipinski definition) is 3. The largest absolute Gasteiger partial charge is 0.481 e. The zero-order valence-corrected chi connectivity index (χ0v) is 11.9. The first-order chi connectivity index (χ1) is 9.16. The number of nitrogens with zero attached hydrogens (tertiary/aromatic N) is 1. The molecule has 1 aromatic carbocycles. The molecule has 2 N–H and O–H groups in total. The summed E-state index contributed by atoms with van der Waals surface area (Å²) in [7, 11) is 0. The van der Waals surface area contributed by atoms with Crippen LogP contribution in [0.2, 0.25) is 0 Å². The van der Waals surface area contributed by atoms with Crippen molar-refractivity contribution in [3.8, 4) is 0 Å². The third-order valence-corrected chi connectivity index (χ3v) is 2.84. The van der Waals surface area contributed by atoms with Crippen LogP contribution in [0, 0.1) is 0 Å². The first-order valence-corrected chi connectivity index (χ1v) is 6.05. The molecule has 0 saturated carbocycles. The van der Waals surface area contributed by atoms with Gasteiger partial charge in [0.05, 0.1) is 12.5 Å². The van der Waals surface area contributed by atoms with Gasteiger partial charge >= 0.3 is 5.97 Å². The summed E-state index contributed by atoms with van der Waals surface area (Å²) in [6.45, 7) is 2.46. The molecule has 0 fully saturated rings. The van der Waals surface area contributed by atoms with E-state index in [-0.39, 0.29) is 12.4 Å². The zero-order chi connectivity index (χ0) is 13.7. The predicted molar refractivity (Wildman–Crippen MR) is 76.8 cm³/mol. The first kappa shape index (κ1) is 16.2. The fourth-order valence-electron chi connectivity index (χ4n) is 1.64. The third-order valence-electron chi connectivity index (χ3n) is 2.84. The van der Waals surface area contributed by atoms with Gasteiger partial charge in [-0.1, -0.05) is 30.3 Å². The van der Waals surface area contributed by atoms with Crippen molar-refractivity contribution in [2.24, 2.45) is 0 Å². The Labute approximate surface area is 123 Å². The highest BCUT2D eigenvalue weighted by molar-refractivity contribution is 5.85. The Hall–Kier alpha value is -1.85. The number of benzene rings is 1. The van der Waals surface area contributed by atoms with Gasteiger partial charge in [0.25, 0.3) is 0 Å². The standard InChI is InChI=1S/C14H16N2O3.ClH/c1-10(14(17)18)12-7-15-13(16-12)9-19-8-11-5-3-2-4-6-11;/h2-7,10H,8-9H2,1H3,(H,15,16)(H,17,18);1H. The Balaban J connectivity index is 0.00000200. The van der Waals surface area contributed by atoms with Crippen LogP contribution in [0.1, 0.15) is 29.9 Å². The van der Waals surface area contributed by atoms with Crippen molar-refractivity contribution < 1.29 is 14.6 Å². The van der Waals surface area contributed by atoms with Gasteiger partial charge in [-0.05, 0) is 12.5 Å². The molecule has 20 heavy (non-hydrogen) atoms. The molecule has 1 aromatic heterocycles. The minimum absolute atomic E-state index is 0.